The van der Waals surface area contributed by atoms with Crippen LogP contribution < -0.4 is 10.6 Å². The maximum absolute atomic E-state index is 12.6. The number of hydrogen-bond acceptors (Lipinski definition) is 4. The van der Waals surface area contributed by atoms with Gasteiger partial charge in [0.05, 0.1) is 5.92 Å². The first-order valence-corrected chi connectivity index (χ1v) is 12.1. The molecule has 3 aliphatic carbocycles. The van der Waals surface area contributed by atoms with Gasteiger partial charge in [-0.25, -0.2) is 4.79 Å². The maximum atomic E-state index is 12.6. The summed E-state index contributed by atoms with van der Waals surface area (Å²) in [6.07, 6.45) is 3.35. The summed E-state index contributed by atoms with van der Waals surface area (Å²) < 4.78 is 5.56. The van der Waals surface area contributed by atoms with Crippen LogP contribution in [0, 0.1) is 17.8 Å². The average molecular weight is 463 g/mol. The number of fused-ring (bicyclic) bond motifs is 3. The van der Waals surface area contributed by atoms with E-state index in [2.05, 4.69) is 34.9 Å². The highest BCUT2D eigenvalue weighted by Gasteiger charge is 2.44. The normalized spacial score (nSPS) is 25.1. The molecule has 0 radical (unpaired) electrons. The van der Waals surface area contributed by atoms with Crippen LogP contribution >= 0.6 is 0 Å². The number of carbonyl (C=O) groups excluding carboxylic acids is 2. The van der Waals surface area contributed by atoms with Crippen LogP contribution in [0.25, 0.3) is 11.1 Å². The highest BCUT2D eigenvalue weighted by Crippen LogP contribution is 2.44. The Balaban J connectivity index is 1.09. The lowest BCUT2D eigenvalue weighted by Crippen LogP contribution is -2.46. The molecular weight excluding hydrogens is 432 g/mol. The molecule has 2 aromatic rings. The average Bonchev–Trinajstić information content (AvgIpc) is 3.57. The summed E-state index contributed by atoms with van der Waals surface area (Å²) in [5, 5.41) is 15.1. The van der Waals surface area contributed by atoms with E-state index in [1.165, 1.54) is 11.1 Å². The molecule has 7 heteroatoms. The lowest BCUT2D eigenvalue weighted by atomic mass is 9.84. The van der Waals surface area contributed by atoms with Crippen molar-refractivity contribution >= 4 is 18.0 Å². The second-order valence-corrected chi connectivity index (χ2v) is 9.65. The lowest BCUT2D eigenvalue weighted by molar-refractivity contribution is -0.144. The number of benzene rings is 2. The molecule has 2 saturated carbocycles. The zero-order chi connectivity index (χ0) is 23.7. The molecule has 0 spiro atoms. The molecule has 178 valence electrons. The third-order valence-electron chi connectivity index (χ3n) is 7.52. The van der Waals surface area contributed by atoms with E-state index >= 15 is 0 Å². The lowest BCUT2D eigenvalue weighted by Gasteiger charge is -2.29. The summed E-state index contributed by atoms with van der Waals surface area (Å²) in [5.41, 5.74) is 4.69. The van der Waals surface area contributed by atoms with Gasteiger partial charge < -0.3 is 20.5 Å². The van der Waals surface area contributed by atoms with Gasteiger partial charge in [0.1, 0.15) is 6.61 Å². The number of aliphatic carboxylic acids is 1. The Morgan fingerprint density at radius 1 is 0.912 bits per heavy atom. The molecule has 2 amide bonds. The van der Waals surface area contributed by atoms with Crippen LogP contribution in [0.5, 0.6) is 0 Å². The molecule has 5 rings (SSSR count). The van der Waals surface area contributed by atoms with E-state index in [1.54, 1.807) is 0 Å². The molecule has 2 aromatic carbocycles. The fourth-order valence-electron chi connectivity index (χ4n) is 5.55. The van der Waals surface area contributed by atoms with Gasteiger partial charge in [-0.2, -0.15) is 0 Å². The molecular formula is C27H30N2O5. The number of amides is 2. The third kappa shape index (κ3) is 4.52. The van der Waals surface area contributed by atoms with Gasteiger partial charge in [0.15, 0.2) is 0 Å². The number of carbonyl (C=O) groups is 3. The van der Waals surface area contributed by atoms with Gasteiger partial charge in [-0.15, -0.1) is 0 Å². The smallest absolute Gasteiger partial charge is 0.407 e. The summed E-state index contributed by atoms with van der Waals surface area (Å²) in [6.45, 7) is 0.633. The predicted octanol–water partition coefficient (Wildman–Crippen LogP) is 3.92. The van der Waals surface area contributed by atoms with Crippen molar-refractivity contribution in [3.63, 3.8) is 0 Å². The third-order valence-corrected chi connectivity index (χ3v) is 7.52. The fraction of sp³-hybridized carbons (Fsp3) is 0.444. The highest BCUT2D eigenvalue weighted by molar-refractivity contribution is 5.83. The SMILES string of the molecule is O=C(NCC1CC1C(=O)N[C@@H]1CCCC[C@@H]1C(=O)O)OCC1c2ccccc2-c2ccccc21. The first-order chi connectivity index (χ1) is 16.5. The second-order valence-electron chi connectivity index (χ2n) is 9.65. The number of nitrogens with one attached hydrogen (secondary N) is 2. The molecule has 2 fully saturated rings. The summed E-state index contributed by atoms with van der Waals surface area (Å²) in [5.74, 6) is -1.55. The number of ether oxygens (including phenoxy) is 1. The predicted molar refractivity (Wildman–Crippen MR) is 126 cm³/mol. The molecule has 0 saturated heterocycles. The summed E-state index contributed by atoms with van der Waals surface area (Å²) >= 11 is 0. The van der Waals surface area contributed by atoms with Crippen LogP contribution in [-0.4, -0.2) is 42.3 Å². The van der Waals surface area contributed by atoms with E-state index in [-0.39, 0.29) is 36.3 Å². The Kier molecular flexibility index (Phi) is 6.26. The first-order valence-electron chi connectivity index (χ1n) is 12.1. The Hall–Kier alpha value is -3.35. The van der Waals surface area contributed by atoms with Crippen LogP contribution in [0.15, 0.2) is 48.5 Å². The fourth-order valence-corrected chi connectivity index (χ4v) is 5.55. The number of hydrogen-bond donors (Lipinski definition) is 3. The van der Waals surface area contributed by atoms with E-state index in [1.807, 2.05) is 24.3 Å². The first kappa shape index (κ1) is 22.4. The molecule has 0 bridgehead atoms. The highest BCUT2D eigenvalue weighted by atomic mass is 16.5. The Morgan fingerprint density at radius 3 is 2.24 bits per heavy atom. The zero-order valence-corrected chi connectivity index (χ0v) is 19.0. The van der Waals surface area contributed by atoms with Crippen molar-refractivity contribution < 1.29 is 24.2 Å². The molecule has 0 aromatic heterocycles. The minimum atomic E-state index is -0.839. The molecule has 4 atom stereocenters. The van der Waals surface area contributed by atoms with Crippen molar-refractivity contribution in [3.8, 4) is 11.1 Å². The number of carboxylic acid groups (broad SMARTS) is 1. The minimum absolute atomic E-state index is 0.00951. The second kappa shape index (κ2) is 9.49. The Labute approximate surface area is 198 Å². The van der Waals surface area contributed by atoms with Crippen LogP contribution in [0.4, 0.5) is 4.79 Å². The van der Waals surface area contributed by atoms with Crippen LogP contribution in [0.3, 0.4) is 0 Å². The van der Waals surface area contributed by atoms with Gasteiger partial charge in [0.2, 0.25) is 5.91 Å². The van der Waals surface area contributed by atoms with Crippen molar-refractivity contribution in [2.24, 2.45) is 17.8 Å². The molecule has 2 unspecified atom stereocenters. The van der Waals surface area contributed by atoms with Crippen LogP contribution in [0.1, 0.15) is 49.1 Å². The van der Waals surface area contributed by atoms with Crippen molar-refractivity contribution in [1.29, 1.82) is 0 Å². The molecule has 3 aliphatic rings. The van der Waals surface area contributed by atoms with Gasteiger partial charge in [-0.05, 0) is 47.4 Å². The minimum Gasteiger partial charge on any atom is -0.481 e. The van der Waals surface area contributed by atoms with Gasteiger partial charge >= 0.3 is 12.1 Å². The van der Waals surface area contributed by atoms with Gasteiger partial charge in [-0.3, -0.25) is 9.59 Å². The van der Waals surface area contributed by atoms with Gasteiger partial charge in [0, 0.05) is 24.4 Å². The summed E-state index contributed by atoms with van der Waals surface area (Å²) in [6, 6.07) is 16.1. The van der Waals surface area contributed by atoms with Gasteiger partial charge in [0.25, 0.3) is 0 Å². The Morgan fingerprint density at radius 2 is 1.56 bits per heavy atom. The molecule has 34 heavy (non-hydrogen) atoms. The van der Waals surface area contributed by atoms with E-state index in [0.29, 0.717) is 25.8 Å². The zero-order valence-electron chi connectivity index (χ0n) is 19.0. The van der Waals surface area contributed by atoms with Crippen LogP contribution in [-0.2, 0) is 14.3 Å². The van der Waals surface area contributed by atoms with Crippen LogP contribution in [0.2, 0.25) is 0 Å². The monoisotopic (exact) mass is 462 g/mol. The van der Waals surface area contributed by atoms with Crippen molar-refractivity contribution in [3.05, 3.63) is 59.7 Å². The summed E-state index contributed by atoms with van der Waals surface area (Å²) in [4.78, 5) is 36.4. The molecule has 0 heterocycles. The molecule has 0 aliphatic heterocycles. The van der Waals surface area contributed by atoms with Gasteiger partial charge in [-0.1, -0.05) is 61.4 Å². The summed E-state index contributed by atoms with van der Waals surface area (Å²) in [7, 11) is 0. The molecule has 7 nitrogen and oxygen atoms in total. The largest absolute Gasteiger partial charge is 0.481 e. The number of rotatable bonds is 7. The van der Waals surface area contributed by atoms with E-state index in [0.717, 1.165) is 24.0 Å². The quantitative estimate of drug-likeness (QED) is 0.579. The number of alkyl carbamates (subject to hydrolysis) is 1. The van der Waals surface area contributed by atoms with Crippen molar-refractivity contribution in [2.45, 2.75) is 44.1 Å². The topological polar surface area (TPSA) is 105 Å². The van der Waals surface area contributed by atoms with E-state index in [4.69, 9.17) is 4.74 Å². The van der Waals surface area contributed by atoms with E-state index < -0.39 is 18.0 Å². The maximum Gasteiger partial charge on any atom is 0.407 e. The standard InChI is InChI=1S/C27H30N2O5/c30-25(29-24-12-6-5-11-21(24)26(31)32)22-13-16(22)14-28-27(33)34-15-23-19-9-3-1-7-17(19)18-8-2-4-10-20(18)23/h1-4,7-10,16,21-24H,5-6,11-15H2,(H,28,33)(H,29,30)(H,31,32)/t16?,21-,22?,24+/m0/s1. The van der Waals surface area contributed by atoms with Crippen molar-refractivity contribution in [2.75, 3.05) is 13.2 Å². The molecule has 3 N–H and O–H groups in total. The van der Waals surface area contributed by atoms with Crippen molar-refractivity contribution in [1.82, 2.24) is 10.6 Å². The number of carboxylic acids is 1. The Bertz CT molecular complexity index is 1050. The van der Waals surface area contributed by atoms with E-state index in [9.17, 15) is 19.5 Å².